The summed E-state index contributed by atoms with van der Waals surface area (Å²) in [5.41, 5.74) is 0.870. The molecule has 1 heterocycles. The van der Waals surface area contributed by atoms with Gasteiger partial charge in [0, 0.05) is 31.6 Å². The lowest BCUT2D eigenvalue weighted by molar-refractivity contribution is 0.0914. The Morgan fingerprint density at radius 2 is 1.73 bits per heavy atom. The summed E-state index contributed by atoms with van der Waals surface area (Å²) >= 11 is 0. The summed E-state index contributed by atoms with van der Waals surface area (Å²) in [5.74, 6) is 0.785. The van der Waals surface area contributed by atoms with Crippen molar-refractivity contribution in [2.45, 2.75) is 12.8 Å². The molecule has 6 heteroatoms. The van der Waals surface area contributed by atoms with Crippen LogP contribution in [0.4, 0.5) is 0 Å². The number of methoxy groups -OCH3 is 2. The van der Waals surface area contributed by atoms with Gasteiger partial charge in [-0.3, -0.25) is 14.3 Å². The molecule has 1 aromatic carbocycles. The van der Waals surface area contributed by atoms with Crippen molar-refractivity contribution in [2.75, 3.05) is 14.2 Å². The molecule has 2 aromatic rings. The molecular formula is C16H18N2O4. The monoisotopic (exact) mass is 302 g/mol. The van der Waals surface area contributed by atoms with E-state index in [1.54, 1.807) is 42.2 Å². The number of nitrogens with zero attached hydrogens (tertiary/aromatic N) is 2. The average Bonchev–Trinajstić information content (AvgIpc) is 2.98. The highest BCUT2D eigenvalue weighted by atomic mass is 16.5. The normalized spacial score (nSPS) is 10.3. The van der Waals surface area contributed by atoms with E-state index in [2.05, 4.69) is 5.10 Å². The van der Waals surface area contributed by atoms with Gasteiger partial charge in [0.15, 0.2) is 23.1 Å². The van der Waals surface area contributed by atoms with Crippen molar-refractivity contribution in [1.29, 1.82) is 0 Å². The minimum absolute atomic E-state index is 0.120. The molecule has 0 atom stereocenters. The van der Waals surface area contributed by atoms with Crippen LogP contribution in [-0.4, -0.2) is 35.6 Å². The summed E-state index contributed by atoms with van der Waals surface area (Å²) in [7, 11) is 4.78. The summed E-state index contributed by atoms with van der Waals surface area (Å²) in [5, 5.41) is 4.03. The van der Waals surface area contributed by atoms with Crippen LogP contribution in [0.2, 0.25) is 0 Å². The number of Topliss-reactive ketones (excluding diaryl/α,β-unsaturated/α-hetero) is 2. The highest BCUT2D eigenvalue weighted by Gasteiger charge is 2.14. The van der Waals surface area contributed by atoms with Crippen LogP contribution >= 0.6 is 0 Å². The molecule has 0 saturated carbocycles. The van der Waals surface area contributed by atoms with E-state index in [9.17, 15) is 9.59 Å². The number of aryl methyl sites for hydroxylation is 1. The van der Waals surface area contributed by atoms with Gasteiger partial charge >= 0.3 is 0 Å². The number of benzene rings is 1. The fraction of sp³-hybridized carbons (Fsp3) is 0.312. The summed E-state index contributed by atoms with van der Waals surface area (Å²) in [4.78, 5) is 24.1. The Bertz CT molecular complexity index is 691. The second-order valence-corrected chi connectivity index (χ2v) is 4.79. The second kappa shape index (κ2) is 6.89. The molecule has 0 radical (unpaired) electrons. The van der Waals surface area contributed by atoms with E-state index in [4.69, 9.17) is 9.47 Å². The molecule has 0 amide bonds. The number of aromatic nitrogens is 2. The summed E-state index contributed by atoms with van der Waals surface area (Å²) in [6.45, 7) is 0. The van der Waals surface area contributed by atoms with E-state index in [0.29, 0.717) is 22.8 Å². The van der Waals surface area contributed by atoms with Crippen molar-refractivity contribution in [1.82, 2.24) is 9.78 Å². The van der Waals surface area contributed by atoms with E-state index in [-0.39, 0.29) is 24.4 Å². The summed E-state index contributed by atoms with van der Waals surface area (Å²) < 4.78 is 11.9. The Kier molecular flexibility index (Phi) is 4.93. The fourth-order valence-corrected chi connectivity index (χ4v) is 2.07. The molecule has 6 nitrogen and oxygen atoms in total. The highest BCUT2D eigenvalue weighted by molar-refractivity contribution is 6.01. The predicted octanol–water partition coefficient (Wildman–Crippen LogP) is 2.28. The van der Waals surface area contributed by atoms with Gasteiger partial charge in [-0.25, -0.2) is 0 Å². The molecule has 2 rings (SSSR count). The molecule has 116 valence electrons. The molecule has 0 N–H and O–H groups in total. The van der Waals surface area contributed by atoms with Gasteiger partial charge in [0.05, 0.1) is 14.2 Å². The largest absolute Gasteiger partial charge is 0.493 e. The van der Waals surface area contributed by atoms with E-state index < -0.39 is 0 Å². The van der Waals surface area contributed by atoms with Crippen molar-refractivity contribution < 1.29 is 19.1 Å². The maximum atomic E-state index is 12.2. The first kappa shape index (κ1) is 15.8. The topological polar surface area (TPSA) is 70.4 Å². The van der Waals surface area contributed by atoms with Crippen LogP contribution in [0.25, 0.3) is 0 Å². The summed E-state index contributed by atoms with van der Waals surface area (Å²) in [6, 6.07) is 6.59. The Labute approximate surface area is 128 Å². The molecule has 0 aliphatic carbocycles. The predicted molar refractivity (Wildman–Crippen MR) is 80.6 cm³/mol. The molecule has 0 fully saturated rings. The van der Waals surface area contributed by atoms with Gasteiger partial charge in [-0.2, -0.15) is 5.10 Å². The standard InChI is InChI=1S/C16H18N2O4/c1-18-9-8-12(17-18)14(20)6-5-13(19)11-4-7-15(21-2)16(10-11)22-3/h4,7-10H,5-6H2,1-3H3. The van der Waals surface area contributed by atoms with Gasteiger partial charge in [0.1, 0.15) is 5.69 Å². The average molecular weight is 302 g/mol. The van der Waals surface area contributed by atoms with Gasteiger partial charge in [0.2, 0.25) is 0 Å². The van der Waals surface area contributed by atoms with Crippen LogP contribution in [0.3, 0.4) is 0 Å². The third-order valence-electron chi connectivity index (χ3n) is 3.28. The highest BCUT2D eigenvalue weighted by Crippen LogP contribution is 2.28. The Morgan fingerprint density at radius 3 is 2.32 bits per heavy atom. The van der Waals surface area contributed by atoms with Gasteiger partial charge in [0.25, 0.3) is 0 Å². The molecule has 0 bridgehead atoms. The molecule has 0 aliphatic rings. The van der Waals surface area contributed by atoms with Gasteiger partial charge in [-0.15, -0.1) is 0 Å². The molecule has 1 aromatic heterocycles. The van der Waals surface area contributed by atoms with Crippen molar-refractivity contribution >= 4 is 11.6 Å². The lowest BCUT2D eigenvalue weighted by Crippen LogP contribution is -2.07. The molecular weight excluding hydrogens is 284 g/mol. The first-order chi connectivity index (χ1) is 10.5. The maximum Gasteiger partial charge on any atom is 0.183 e. The first-order valence-electron chi connectivity index (χ1n) is 6.83. The van der Waals surface area contributed by atoms with Crippen molar-refractivity contribution in [3.05, 3.63) is 41.7 Å². The zero-order valence-corrected chi connectivity index (χ0v) is 12.8. The van der Waals surface area contributed by atoms with Crippen LogP contribution in [-0.2, 0) is 7.05 Å². The fourth-order valence-electron chi connectivity index (χ4n) is 2.07. The third kappa shape index (κ3) is 3.52. The van der Waals surface area contributed by atoms with E-state index in [0.717, 1.165) is 0 Å². The molecule has 22 heavy (non-hydrogen) atoms. The lowest BCUT2D eigenvalue weighted by atomic mass is 10.0. The van der Waals surface area contributed by atoms with Crippen LogP contribution in [0, 0.1) is 0 Å². The van der Waals surface area contributed by atoms with Crippen LogP contribution in [0.1, 0.15) is 33.7 Å². The van der Waals surface area contributed by atoms with Crippen molar-refractivity contribution in [3.8, 4) is 11.5 Å². The molecule has 0 aliphatic heterocycles. The molecule has 0 unspecified atom stereocenters. The van der Waals surface area contributed by atoms with E-state index in [1.807, 2.05) is 0 Å². The minimum Gasteiger partial charge on any atom is -0.493 e. The van der Waals surface area contributed by atoms with E-state index in [1.165, 1.54) is 14.2 Å². The zero-order chi connectivity index (χ0) is 16.1. The lowest BCUT2D eigenvalue weighted by Gasteiger charge is -2.08. The van der Waals surface area contributed by atoms with Gasteiger partial charge in [-0.1, -0.05) is 0 Å². The third-order valence-corrected chi connectivity index (χ3v) is 3.28. The SMILES string of the molecule is COc1ccc(C(=O)CCC(=O)c2ccn(C)n2)cc1OC. The maximum absolute atomic E-state index is 12.2. The summed E-state index contributed by atoms with van der Waals surface area (Å²) in [6.07, 6.45) is 1.96. The van der Waals surface area contributed by atoms with Gasteiger partial charge < -0.3 is 9.47 Å². The van der Waals surface area contributed by atoms with Crippen LogP contribution < -0.4 is 9.47 Å². The van der Waals surface area contributed by atoms with Gasteiger partial charge in [-0.05, 0) is 24.3 Å². The number of hydrogen-bond donors (Lipinski definition) is 0. The van der Waals surface area contributed by atoms with Crippen molar-refractivity contribution in [3.63, 3.8) is 0 Å². The minimum atomic E-state index is -0.144. The van der Waals surface area contributed by atoms with Crippen LogP contribution in [0.5, 0.6) is 11.5 Å². The number of hydrogen-bond acceptors (Lipinski definition) is 5. The first-order valence-corrected chi connectivity index (χ1v) is 6.83. The van der Waals surface area contributed by atoms with Crippen molar-refractivity contribution in [2.24, 2.45) is 7.05 Å². The number of rotatable bonds is 7. The quantitative estimate of drug-likeness (QED) is 0.734. The molecule has 0 saturated heterocycles. The molecule has 0 spiro atoms. The number of ketones is 2. The van der Waals surface area contributed by atoms with Crippen LogP contribution in [0.15, 0.2) is 30.5 Å². The number of carbonyl (C=O) groups is 2. The smallest absolute Gasteiger partial charge is 0.183 e. The zero-order valence-electron chi connectivity index (χ0n) is 12.8. The van der Waals surface area contributed by atoms with E-state index >= 15 is 0 Å². The number of ether oxygens (including phenoxy) is 2. The Hall–Kier alpha value is -2.63. The Balaban J connectivity index is 2.02. The second-order valence-electron chi connectivity index (χ2n) is 4.79. The number of carbonyl (C=O) groups excluding carboxylic acids is 2. The Morgan fingerprint density at radius 1 is 1.05 bits per heavy atom.